The highest BCUT2D eigenvalue weighted by atomic mass is 35.5. The third-order valence-corrected chi connectivity index (χ3v) is 7.36. The Hall–Kier alpha value is -3.10. The molecule has 2 aliphatic rings. The number of methoxy groups -OCH3 is 1. The molecule has 0 bridgehead atoms. The fraction of sp³-hybridized carbons (Fsp3) is 0.360. The van der Waals surface area contributed by atoms with E-state index in [1.807, 2.05) is 23.1 Å². The number of halogens is 2. The molecule has 1 aliphatic heterocycles. The molecule has 2 N–H and O–H groups in total. The Morgan fingerprint density at radius 2 is 2.09 bits per heavy atom. The van der Waals surface area contributed by atoms with Crippen molar-refractivity contribution in [3.05, 3.63) is 63.9 Å². The zero-order valence-corrected chi connectivity index (χ0v) is 20.7. The van der Waals surface area contributed by atoms with E-state index in [9.17, 15) is 9.59 Å². The number of benzene rings is 1. The third-order valence-electron chi connectivity index (χ3n) is 6.83. The molecular formula is C25H25Cl2N5O3. The van der Waals surface area contributed by atoms with Crippen molar-refractivity contribution in [1.82, 2.24) is 25.4 Å². The molecule has 0 unspecified atom stereocenters. The summed E-state index contributed by atoms with van der Waals surface area (Å²) < 4.78 is 5.18. The largest absolute Gasteiger partial charge is 0.481 e. The smallest absolute Gasteiger partial charge is 0.274 e. The van der Waals surface area contributed by atoms with Crippen molar-refractivity contribution in [1.29, 1.82) is 0 Å². The Morgan fingerprint density at radius 1 is 1.26 bits per heavy atom. The summed E-state index contributed by atoms with van der Waals surface area (Å²) in [5, 5.41) is 11.3. The Kier molecular flexibility index (Phi) is 6.42. The van der Waals surface area contributed by atoms with Crippen LogP contribution >= 0.6 is 23.2 Å². The summed E-state index contributed by atoms with van der Waals surface area (Å²) in [6, 6.07) is 10.8. The van der Waals surface area contributed by atoms with E-state index in [4.69, 9.17) is 27.9 Å². The van der Waals surface area contributed by atoms with Gasteiger partial charge in [0.2, 0.25) is 11.8 Å². The molecule has 10 heteroatoms. The summed E-state index contributed by atoms with van der Waals surface area (Å²) in [6.45, 7) is 0.948. The van der Waals surface area contributed by atoms with Gasteiger partial charge in [0.25, 0.3) is 5.91 Å². The maximum Gasteiger partial charge on any atom is 0.274 e. The number of aromatic nitrogens is 3. The van der Waals surface area contributed by atoms with Crippen LogP contribution < -0.4 is 10.1 Å². The zero-order chi connectivity index (χ0) is 24.6. The highest BCUT2D eigenvalue weighted by molar-refractivity contribution is 6.33. The van der Waals surface area contributed by atoms with Crippen molar-refractivity contribution in [3.8, 4) is 17.1 Å². The molecule has 1 saturated carbocycles. The molecule has 1 aliphatic carbocycles. The number of piperidine rings is 1. The number of carbonyl (C=O) groups excluding carboxylic acids is 2. The lowest BCUT2D eigenvalue weighted by molar-refractivity contribution is -0.127. The van der Waals surface area contributed by atoms with Crippen LogP contribution in [0.25, 0.3) is 11.3 Å². The number of pyridine rings is 1. The van der Waals surface area contributed by atoms with Crippen LogP contribution in [0.3, 0.4) is 0 Å². The molecule has 2 aromatic heterocycles. The van der Waals surface area contributed by atoms with E-state index >= 15 is 0 Å². The number of aromatic amines is 1. The van der Waals surface area contributed by atoms with Gasteiger partial charge < -0.3 is 15.0 Å². The lowest BCUT2D eigenvalue weighted by atomic mass is 9.88. The summed E-state index contributed by atoms with van der Waals surface area (Å²) in [5.41, 5.74) is 2.27. The summed E-state index contributed by atoms with van der Waals surface area (Å²) in [4.78, 5) is 32.2. The number of H-pyrrole nitrogens is 1. The molecule has 3 heterocycles. The van der Waals surface area contributed by atoms with Gasteiger partial charge in [0.05, 0.1) is 24.0 Å². The van der Waals surface area contributed by atoms with Gasteiger partial charge in [0.1, 0.15) is 0 Å². The van der Waals surface area contributed by atoms with Gasteiger partial charge in [0, 0.05) is 41.2 Å². The minimum absolute atomic E-state index is 0.0201. The minimum Gasteiger partial charge on any atom is -0.481 e. The number of hydrogen-bond donors (Lipinski definition) is 2. The van der Waals surface area contributed by atoms with Crippen LogP contribution in [0.4, 0.5) is 0 Å². The van der Waals surface area contributed by atoms with Gasteiger partial charge in [-0.3, -0.25) is 14.7 Å². The molecule has 35 heavy (non-hydrogen) atoms. The number of ether oxygens (including phenoxy) is 1. The number of hydrogen-bond acceptors (Lipinski definition) is 5. The predicted molar refractivity (Wildman–Crippen MR) is 132 cm³/mol. The van der Waals surface area contributed by atoms with E-state index in [1.54, 1.807) is 18.2 Å². The third kappa shape index (κ3) is 4.86. The first kappa shape index (κ1) is 23.6. The molecule has 2 amide bonds. The highest BCUT2D eigenvalue weighted by Crippen LogP contribution is 2.50. The minimum atomic E-state index is -0.274. The lowest BCUT2D eigenvalue weighted by Gasteiger charge is -2.39. The van der Waals surface area contributed by atoms with Crippen LogP contribution in [0, 0.1) is 5.92 Å². The van der Waals surface area contributed by atoms with Crippen LogP contribution in [0.5, 0.6) is 5.88 Å². The lowest BCUT2D eigenvalue weighted by Crippen LogP contribution is -2.50. The number of rotatable bonds is 6. The fourth-order valence-electron chi connectivity index (χ4n) is 4.78. The Labute approximate surface area is 213 Å². The second kappa shape index (κ2) is 9.51. The van der Waals surface area contributed by atoms with Crippen molar-refractivity contribution in [3.63, 3.8) is 0 Å². The molecule has 182 valence electrons. The van der Waals surface area contributed by atoms with Crippen molar-refractivity contribution < 1.29 is 14.3 Å². The molecule has 0 radical (unpaired) electrons. The zero-order valence-electron chi connectivity index (χ0n) is 19.2. The van der Waals surface area contributed by atoms with Crippen molar-refractivity contribution in [2.75, 3.05) is 13.7 Å². The molecule has 1 aromatic carbocycles. The highest BCUT2D eigenvalue weighted by Gasteiger charge is 2.54. The van der Waals surface area contributed by atoms with E-state index in [0.29, 0.717) is 58.8 Å². The summed E-state index contributed by atoms with van der Waals surface area (Å²) in [6.07, 6.45) is 4.55. The van der Waals surface area contributed by atoms with Crippen LogP contribution in [0.15, 0.2) is 42.6 Å². The first-order valence-electron chi connectivity index (χ1n) is 11.5. The van der Waals surface area contributed by atoms with Gasteiger partial charge in [-0.25, -0.2) is 4.98 Å². The van der Waals surface area contributed by atoms with Gasteiger partial charge in [0.15, 0.2) is 5.69 Å². The van der Waals surface area contributed by atoms with Crippen LogP contribution in [0.1, 0.15) is 41.7 Å². The summed E-state index contributed by atoms with van der Waals surface area (Å²) in [7, 11) is 1.53. The monoisotopic (exact) mass is 513 g/mol. The molecule has 3 aromatic rings. The van der Waals surface area contributed by atoms with E-state index in [1.165, 1.54) is 13.3 Å². The van der Waals surface area contributed by atoms with Gasteiger partial charge in [-0.2, -0.15) is 5.10 Å². The Bertz CT molecular complexity index is 1270. The average Bonchev–Trinajstić information content (AvgIpc) is 3.44. The average molecular weight is 514 g/mol. The van der Waals surface area contributed by atoms with Crippen molar-refractivity contribution in [2.45, 2.75) is 37.8 Å². The van der Waals surface area contributed by atoms with Gasteiger partial charge in [-0.05, 0) is 49.4 Å². The summed E-state index contributed by atoms with van der Waals surface area (Å²) in [5.74, 6) is 0.171. The first-order chi connectivity index (χ1) is 16.9. The first-order valence-corrected chi connectivity index (χ1v) is 12.2. The predicted octanol–water partition coefficient (Wildman–Crippen LogP) is 4.49. The number of nitrogens with zero attached hydrogens (tertiary/aromatic N) is 3. The number of amides is 2. The fourth-order valence-corrected chi connectivity index (χ4v) is 5.20. The van der Waals surface area contributed by atoms with Crippen molar-refractivity contribution in [2.24, 2.45) is 5.92 Å². The molecular weight excluding hydrogens is 489 g/mol. The van der Waals surface area contributed by atoms with Gasteiger partial charge >= 0.3 is 0 Å². The maximum absolute atomic E-state index is 13.4. The SMILES string of the molecule is COc1cc(-c2cc(C(=O)N3CC[C@@H](C(=O)NCc4cccc(Cl)c4)CC34CC4)n[nH]2)c(Cl)cn1. The molecule has 5 rings (SSSR count). The van der Waals surface area contributed by atoms with E-state index in [2.05, 4.69) is 20.5 Å². The van der Waals surface area contributed by atoms with Crippen LogP contribution in [-0.2, 0) is 11.3 Å². The van der Waals surface area contributed by atoms with Crippen molar-refractivity contribution >= 4 is 35.0 Å². The standard InChI is InChI=1S/C25H25Cl2N5O3/c1-35-22-10-18(19(27)14-28-22)20-11-21(31-30-20)24(34)32-8-5-16(12-25(32)6-7-25)23(33)29-13-15-3-2-4-17(26)9-15/h2-4,9-11,14,16H,5-8,12-13H2,1H3,(H,29,33)(H,30,31)/t16-/m1/s1. The van der Waals surface area contributed by atoms with E-state index in [0.717, 1.165) is 18.4 Å². The van der Waals surface area contributed by atoms with Crippen LogP contribution in [0.2, 0.25) is 10.0 Å². The van der Waals surface area contributed by atoms with E-state index < -0.39 is 0 Å². The molecule has 1 saturated heterocycles. The van der Waals surface area contributed by atoms with E-state index in [-0.39, 0.29) is 23.3 Å². The number of likely N-dealkylation sites (tertiary alicyclic amines) is 1. The van der Waals surface area contributed by atoms with Gasteiger partial charge in [-0.1, -0.05) is 35.3 Å². The molecule has 8 nitrogen and oxygen atoms in total. The molecule has 1 atom stereocenters. The maximum atomic E-state index is 13.4. The van der Waals surface area contributed by atoms with Crippen LogP contribution in [-0.4, -0.2) is 51.1 Å². The second-order valence-electron chi connectivity index (χ2n) is 9.09. The molecule has 2 fully saturated rings. The second-order valence-corrected chi connectivity index (χ2v) is 9.94. The topological polar surface area (TPSA) is 100 Å². The Balaban J connectivity index is 1.25. The van der Waals surface area contributed by atoms with Gasteiger partial charge in [-0.15, -0.1) is 0 Å². The normalized spacial score (nSPS) is 18.4. The number of carbonyl (C=O) groups is 2. The Morgan fingerprint density at radius 3 is 2.83 bits per heavy atom. The summed E-state index contributed by atoms with van der Waals surface area (Å²) >= 11 is 12.3. The number of nitrogens with one attached hydrogen (secondary N) is 2. The molecule has 1 spiro atoms. The quantitative estimate of drug-likeness (QED) is 0.505.